The van der Waals surface area contributed by atoms with E-state index in [-0.39, 0.29) is 5.91 Å². The summed E-state index contributed by atoms with van der Waals surface area (Å²) in [7, 11) is -3.50. The maximum absolute atomic E-state index is 12.7. The first kappa shape index (κ1) is 22.2. The molecule has 3 rings (SSSR count). The first-order valence-corrected chi connectivity index (χ1v) is 12.5. The summed E-state index contributed by atoms with van der Waals surface area (Å²) in [4.78, 5) is 15.7. The molecule has 5 nitrogen and oxygen atoms in total. The van der Waals surface area contributed by atoms with Gasteiger partial charge in [-0.3, -0.25) is 4.79 Å². The molecule has 0 spiro atoms. The second-order valence-electron chi connectivity index (χ2n) is 6.70. The number of rotatable bonds is 8. The molecule has 0 radical (unpaired) electrons. The molecule has 8 heteroatoms. The van der Waals surface area contributed by atoms with E-state index >= 15 is 0 Å². The van der Waals surface area contributed by atoms with E-state index in [9.17, 15) is 13.2 Å². The normalized spacial score (nSPS) is 13.7. The van der Waals surface area contributed by atoms with Gasteiger partial charge < -0.3 is 4.90 Å². The molecule has 2 aromatic carbocycles. The van der Waals surface area contributed by atoms with Crippen LogP contribution in [0.4, 0.5) is 5.69 Å². The molecule has 0 atom stereocenters. The van der Waals surface area contributed by atoms with Crippen LogP contribution in [0.3, 0.4) is 0 Å². The van der Waals surface area contributed by atoms with Gasteiger partial charge in [0.1, 0.15) is 0 Å². The number of anilines is 1. The van der Waals surface area contributed by atoms with E-state index in [0.29, 0.717) is 48.1 Å². The maximum atomic E-state index is 12.7. The summed E-state index contributed by atoms with van der Waals surface area (Å²) >= 11 is 7.72. The molecule has 29 heavy (non-hydrogen) atoms. The van der Waals surface area contributed by atoms with Crippen molar-refractivity contribution in [2.24, 2.45) is 0 Å². The molecule has 1 amide bonds. The predicted octanol–water partition coefficient (Wildman–Crippen LogP) is 4.44. The van der Waals surface area contributed by atoms with Crippen LogP contribution >= 0.6 is 23.4 Å². The molecule has 0 fully saturated rings. The zero-order valence-corrected chi connectivity index (χ0v) is 19.0. The molecule has 0 aliphatic carbocycles. The lowest BCUT2D eigenvalue weighted by molar-refractivity contribution is -0.118. The summed E-state index contributed by atoms with van der Waals surface area (Å²) in [5.74, 6) is 0.686. The highest BCUT2D eigenvalue weighted by Crippen LogP contribution is 2.32. The highest BCUT2D eigenvalue weighted by Gasteiger charge is 2.28. The molecule has 0 N–H and O–H groups in total. The standard InChI is InChI=1S/C21H25ClN2O3S2/c1-3-23(4-2)29(26,27)17-9-10-19-16(15-17)11-13-24(19)21(25)12-14-28-20-8-6-5-7-18(20)22/h5-10,15H,3-4,11-14H2,1-2H3. The minimum absolute atomic E-state index is 0.0441. The van der Waals surface area contributed by atoms with Crippen LogP contribution in [0.25, 0.3) is 0 Å². The number of thioether (sulfide) groups is 1. The Morgan fingerprint density at radius 1 is 1.17 bits per heavy atom. The van der Waals surface area contributed by atoms with Crippen molar-refractivity contribution in [3.8, 4) is 0 Å². The number of carbonyl (C=O) groups is 1. The van der Waals surface area contributed by atoms with Crippen LogP contribution in [0.2, 0.25) is 5.02 Å². The van der Waals surface area contributed by atoms with Crippen LogP contribution in [0.1, 0.15) is 25.8 Å². The Bertz CT molecular complexity index is 991. The van der Waals surface area contributed by atoms with Crippen LogP contribution in [-0.4, -0.2) is 44.0 Å². The van der Waals surface area contributed by atoms with E-state index in [1.165, 1.54) is 4.31 Å². The third-order valence-corrected chi connectivity index (χ3v) is 8.56. The highest BCUT2D eigenvalue weighted by molar-refractivity contribution is 7.99. The molecular formula is C21H25ClN2O3S2. The smallest absolute Gasteiger partial charge is 0.243 e. The quantitative estimate of drug-likeness (QED) is 0.555. The number of halogens is 1. The van der Waals surface area contributed by atoms with Crippen LogP contribution in [0, 0.1) is 0 Å². The van der Waals surface area contributed by atoms with Gasteiger partial charge in [-0.25, -0.2) is 8.42 Å². The second kappa shape index (κ2) is 9.51. The lowest BCUT2D eigenvalue weighted by Gasteiger charge is -2.20. The summed E-state index contributed by atoms with van der Waals surface area (Å²) in [5, 5.41) is 0.693. The minimum Gasteiger partial charge on any atom is -0.312 e. The van der Waals surface area contributed by atoms with Crippen molar-refractivity contribution in [2.75, 3.05) is 30.3 Å². The molecule has 1 aliphatic rings. The summed E-state index contributed by atoms with van der Waals surface area (Å²) in [6, 6.07) is 12.7. The van der Waals surface area contributed by atoms with Gasteiger partial charge in [0.25, 0.3) is 0 Å². The lowest BCUT2D eigenvalue weighted by atomic mass is 10.2. The third-order valence-electron chi connectivity index (χ3n) is 5.00. The van der Waals surface area contributed by atoms with Crippen molar-refractivity contribution in [1.82, 2.24) is 4.31 Å². The second-order valence-corrected chi connectivity index (χ2v) is 10.2. The van der Waals surface area contributed by atoms with Crippen LogP contribution < -0.4 is 4.90 Å². The van der Waals surface area contributed by atoms with E-state index in [0.717, 1.165) is 16.1 Å². The van der Waals surface area contributed by atoms with Crippen LogP contribution in [-0.2, 0) is 21.2 Å². The summed E-state index contributed by atoms with van der Waals surface area (Å²) in [5.41, 5.74) is 1.72. The van der Waals surface area contributed by atoms with Crippen molar-refractivity contribution < 1.29 is 13.2 Å². The Hall–Kier alpha value is -1.54. The van der Waals surface area contributed by atoms with E-state index in [2.05, 4.69) is 0 Å². The van der Waals surface area contributed by atoms with Crippen molar-refractivity contribution >= 4 is 45.0 Å². The summed E-state index contributed by atoms with van der Waals surface area (Å²) in [6.45, 7) is 5.11. The fourth-order valence-electron chi connectivity index (χ4n) is 3.46. The maximum Gasteiger partial charge on any atom is 0.243 e. The van der Waals surface area contributed by atoms with Gasteiger partial charge in [0.05, 0.1) is 9.92 Å². The summed E-state index contributed by atoms with van der Waals surface area (Å²) < 4.78 is 26.9. The van der Waals surface area contributed by atoms with Gasteiger partial charge in [-0.1, -0.05) is 37.6 Å². The number of fused-ring (bicyclic) bond motifs is 1. The largest absolute Gasteiger partial charge is 0.312 e. The van der Waals surface area contributed by atoms with Gasteiger partial charge in [0.2, 0.25) is 15.9 Å². The Labute approximate surface area is 182 Å². The molecule has 0 saturated carbocycles. The summed E-state index contributed by atoms with van der Waals surface area (Å²) in [6.07, 6.45) is 1.06. The average Bonchev–Trinajstić information content (AvgIpc) is 3.13. The first-order chi connectivity index (χ1) is 13.9. The fourth-order valence-corrected chi connectivity index (χ4v) is 6.14. The van der Waals surface area contributed by atoms with Gasteiger partial charge in [-0.15, -0.1) is 11.8 Å². The fraction of sp³-hybridized carbons (Fsp3) is 0.381. The van der Waals surface area contributed by atoms with Crippen LogP contribution in [0.5, 0.6) is 0 Å². The Kier molecular flexibility index (Phi) is 7.27. The van der Waals surface area contributed by atoms with Gasteiger partial charge in [0, 0.05) is 42.4 Å². The van der Waals surface area contributed by atoms with Gasteiger partial charge in [-0.2, -0.15) is 4.31 Å². The highest BCUT2D eigenvalue weighted by atomic mass is 35.5. The molecule has 0 saturated heterocycles. The molecule has 1 heterocycles. The van der Waals surface area contributed by atoms with Crippen LogP contribution in [0.15, 0.2) is 52.3 Å². The van der Waals surface area contributed by atoms with E-state index in [1.807, 2.05) is 38.1 Å². The molecule has 2 aromatic rings. The van der Waals surface area contributed by atoms with Crippen molar-refractivity contribution in [3.05, 3.63) is 53.1 Å². The minimum atomic E-state index is -3.50. The monoisotopic (exact) mass is 452 g/mol. The molecule has 0 bridgehead atoms. The number of hydrogen-bond donors (Lipinski definition) is 0. The molecule has 0 unspecified atom stereocenters. The number of benzene rings is 2. The average molecular weight is 453 g/mol. The predicted molar refractivity (Wildman–Crippen MR) is 119 cm³/mol. The number of amides is 1. The van der Waals surface area contributed by atoms with E-state index in [1.54, 1.807) is 34.9 Å². The van der Waals surface area contributed by atoms with E-state index < -0.39 is 10.0 Å². The molecular weight excluding hydrogens is 428 g/mol. The van der Waals surface area contributed by atoms with Crippen molar-refractivity contribution in [2.45, 2.75) is 36.5 Å². The Balaban J connectivity index is 1.68. The van der Waals surface area contributed by atoms with Gasteiger partial charge >= 0.3 is 0 Å². The number of hydrogen-bond acceptors (Lipinski definition) is 4. The third kappa shape index (κ3) is 4.79. The Morgan fingerprint density at radius 2 is 1.90 bits per heavy atom. The first-order valence-electron chi connectivity index (χ1n) is 9.69. The number of sulfonamides is 1. The van der Waals surface area contributed by atoms with Crippen molar-refractivity contribution in [3.63, 3.8) is 0 Å². The SMILES string of the molecule is CCN(CC)S(=O)(=O)c1ccc2c(c1)CCN2C(=O)CCSc1ccccc1Cl. The zero-order valence-electron chi connectivity index (χ0n) is 16.6. The van der Waals surface area contributed by atoms with E-state index in [4.69, 9.17) is 11.6 Å². The van der Waals surface area contributed by atoms with Crippen molar-refractivity contribution in [1.29, 1.82) is 0 Å². The molecule has 0 aromatic heterocycles. The number of carbonyl (C=O) groups excluding carboxylic acids is 1. The van der Waals surface area contributed by atoms with Gasteiger partial charge in [-0.05, 0) is 42.3 Å². The number of nitrogens with zero attached hydrogens (tertiary/aromatic N) is 2. The topological polar surface area (TPSA) is 57.7 Å². The van der Waals surface area contributed by atoms with Gasteiger partial charge in [0.15, 0.2) is 0 Å². The molecule has 156 valence electrons. The zero-order chi connectivity index (χ0) is 21.0. The Morgan fingerprint density at radius 3 is 2.59 bits per heavy atom. The molecule has 1 aliphatic heterocycles. The lowest BCUT2D eigenvalue weighted by Crippen LogP contribution is -2.30.